The number of aromatic hydroxyl groups is 2. The second-order valence-electron chi connectivity index (χ2n) is 9.37. The first-order valence-corrected chi connectivity index (χ1v) is 9.87. The fraction of sp³-hybridized carbons (Fsp3) is 0.727. The zero-order valence-electron chi connectivity index (χ0n) is 16.8. The van der Waals surface area contributed by atoms with Gasteiger partial charge in [0, 0.05) is 5.56 Å². The van der Waals surface area contributed by atoms with Crippen LogP contribution in [0.25, 0.3) is 0 Å². The second-order valence-corrected chi connectivity index (χ2v) is 9.37. The van der Waals surface area contributed by atoms with E-state index < -0.39 is 5.60 Å². The minimum absolute atomic E-state index is 0.0763. The van der Waals surface area contributed by atoms with Gasteiger partial charge in [-0.15, -0.1) is 0 Å². The fourth-order valence-corrected chi connectivity index (χ4v) is 5.97. The van der Waals surface area contributed by atoms with Crippen LogP contribution in [0.3, 0.4) is 0 Å². The van der Waals surface area contributed by atoms with Crippen molar-refractivity contribution in [2.75, 3.05) is 7.11 Å². The molecule has 1 aromatic rings. The summed E-state index contributed by atoms with van der Waals surface area (Å²) >= 11 is 0. The van der Waals surface area contributed by atoms with E-state index in [9.17, 15) is 15.3 Å². The molecule has 5 atom stereocenters. The minimum Gasteiger partial charge on any atom is -0.504 e. The van der Waals surface area contributed by atoms with E-state index in [0.29, 0.717) is 29.6 Å². The Hall–Kier alpha value is -1.42. The van der Waals surface area contributed by atoms with Gasteiger partial charge in [0.25, 0.3) is 0 Å². The normalized spacial score (nSPS) is 40.1. The highest BCUT2D eigenvalue weighted by Crippen LogP contribution is 2.64. The zero-order valence-corrected chi connectivity index (χ0v) is 16.8. The van der Waals surface area contributed by atoms with Crippen LogP contribution in [-0.2, 0) is 6.42 Å². The largest absolute Gasteiger partial charge is 0.504 e. The Morgan fingerprint density at radius 1 is 1.12 bits per heavy atom. The lowest BCUT2D eigenvalue weighted by molar-refractivity contribution is -0.190. The number of hydrogen-bond acceptors (Lipinski definition) is 4. The van der Waals surface area contributed by atoms with E-state index in [1.165, 1.54) is 6.07 Å². The van der Waals surface area contributed by atoms with Gasteiger partial charge < -0.3 is 20.1 Å². The highest BCUT2D eigenvalue weighted by molar-refractivity contribution is 5.52. The maximum Gasteiger partial charge on any atom is 0.164 e. The lowest BCUT2D eigenvalue weighted by atomic mass is 9.43. The van der Waals surface area contributed by atoms with Crippen LogP contribution in [0.15, 0.2) is 12.1 Å². The lowest BCUT2D eigenvalue weighted by Crippen LogP contribution is -2.60. The van der Waals surface area contributed by atoms with Gasteiger partial charge in [-0.25, -0.2) is 0 Å². The molecule has 4 nitrogen and oxygen atoms in total. The van der Waals surface area contributed by atoms with Crippen LogP contribution in [0.2, 0.25) is 0 Å². The number of rotatable bonds is 3. The molecule has 0 saturated heterocycles. The third-order valence-electron chi connectivity index (χ3n) is 8.17. The highest BCUT2D eigenvalue weighted by atomic mass is 16.5. The number of benzene rings is 1. The average molecular weight is 363 g/mol. The standard InChI is InChI=1S/C22H34O4/c1-14-10-12-21(3)18(7-6-11-22(21,4)25)20(14,2)13-15-17(26-5)9-8-16(23)19(15)24/h8-9,14,18,23-25H,6-7,10-13H2,1-5H3/t14-,18-,20+,21-,22?/m0/s1. The van der Waals surface area contributed by atoms with Gasteiger partial charge in [0.05, 0.1) is 12.7 Å². The van der Waals surface area contributed by atoms with Gasteiger partial charge in [-0.1, -0.05) is 27.2 Å². The molecule has 4 heteroatoms. The molecular weight excluding hydrogens is 328 g/mol. The van der Waals surface area contributed by atoms with Gasteiger partial charge >= 0.3 is 0 Å². The van der Waals surface area contributed by atoms with E-state index in [1.54, 1.807) is 13.2 Å². The Bertz CT molecular complexity index is 683. The second kappa shape index (κ2) is 6.33. The summed E-state index contributed by atoms with van der Waals surface area (Å²) in [7, 11) is 1.59. The molecule has 26 heavy (non-hydrogen) atoms. The molecule has 3 N–H and O–H groups in total. The molecule has 0 heterocycles. The Morgan fingerprint density at radius 3 is 2.46 bits per heavy atom. The van der Waals surface area contributed by atoms with Crippen molar-refractivity contribution >= 4 is 0 Å². The predicted molar refractivity (Wildman–Crippen MR) is 103 cm³/mol. The van der Waals surface area contributed by atoms with Crippen molar-refractivity contribution in [1.29, 1.82) is 0 Å². The van der Waals surface area contributed by atoms with Gasteiger partial charge in [0.2, 0.25) is 0 Å². The van der Waals surface area contributed by atoms with Crippen LogP contribution in [0, 0.1) is 22.7 Å². The van der Waals surface area contributed by atoms with E-state index in [4.69, 9.17) is 4.74 Å². The molecule has 0 aromatic heterocycles. The first-order valence-electron chi connectivity index (χ1n) is 9.87. The highest BCUT2D eigenvalue weighted by Gasteiger charge is 2.60. The first kappa shape index (κ1) is 19.3. The molecule has 0 aliphatic heterocycles. The summed E-state index contributed by atoms with van der Waals surface area (Å²) < 4.78 is 5.48. The third-order valence-corrected chi connectivity index (χ3v) is 8.17. The third kappa shape index (κ3) is 2.69. The first-order chi connectivity index (χ1) is 12.1. The average Bonchev–Trinajstić information content (AvgIpc) is 2.58. The molecule has 0 spiro atoms. The summed E-state index contributed by atoms with van der Waals surface area (Å²) in [6.45, 7) is 8.84. The summed E-state index contributed by atoms with van der Waals surface area (Å²) in [6, 6.07) is 3.19. The molecule has 146 valence electrons. The van der Waals surface area contributed by atoms with E-state index in [0.717, 1.165) is 32.1 Å². The molecule has 2 aliphatic carbocycles. The quantitative estimate of drug-likeness (QED) is 0.685. The zero-order chi connectivity index (χ0) is 19.3. The Labute approximate surface area is 157 Å². The Kier molecular flexibility index (Phi) is 4.71. The van der Waals surface area contributed by atoms with E-state index >= 15 is 0 Å². The van der Waals surface area contributed by atoms with Crippen LogP contribution in [0.1, 0.15) is 65.4 Å². The molecule has 0 amide bonds. The van der Waals surface area contributed by atoms with Gasteiger partial charge in [-0.2, -0.15) is 0 Å². The minimum atomic E-state index is -0.664. The smallest absolute Gasteiger partial charge is 0.164 e. The van der Waals surface area contributed by atoms with E-state index in [1.807, 2.05) is 6.92 Å². The number of phenols is 2. The summed E-state index contributed by atoms with van der Waals surface area (Å²) in [4.78, 5) is 0. The van der Waals surface area contributed by atoms with Crippen LogP contribution in [0.5, 0.6) is 17.2 Å². The summed E-state index contributed by atoms with van der Waals surface area (Å²) in [5, 5.41) is 31.7. The van der Waals surface area contributed by atoms with Crippen molar-refractivity contribution in [1.82, 2.24) is 0 Å². The summed E-state index contributed by atoms with van der Waals surface area (Å²) in [5.74, 6) is 1.25. The van der Waals surface area contributed by atoms with E-state index in [-0.39, 0.29) is 22.3 Å². The Morgan fingerprint density at radius 2 is 1.81 bits per heavy atom. The number of hydrogen-bond donors (Lipinski definition) is 3. The van der Waals surface area contributed by atoms with Crippen molar-refractivity contribution in [2.45, 2.75) is 71.8 Å². The predicted octanol–water partition coefficient (Wildman–Crippen LogP) is 4.64. The van der Waals surface area contributed by atoms with Gasteiger partial charge in [0.15, 0.2) is 11.5 Å². The molecular formula is C22H34O4. The van der Waals surface area contributed by atoms with Gasteiger partial charge in [-0.3, -0.25) is 0 Å². The number of phenolic OH excluding ortho intramolecular Hbond substituents is 2. The van der Waals surface area contributed by atoms with Crippen molar-refractivity contribution in [3.63, 3.8) is 0 Å². The SMILES string of the molecule is COc1ccc(O)c(O)c1C[C@]1(C)[C@@H](C)CC[C@@]2(C)[C@H]1CCCC2(C)O. The maximum absolute atomic E-state index is 11.2. The monoisotopic (exact) mass is 362 g/mol. The lowest BCUT2D eigenvalue weighted by Gasteiger charge is -2.63. The molecule has 0 bridgehead atoms. The van der Waals surface area contributed by atoms with Crippen LogP contribution in [-0.4, -0.2) is 28.0 Å². The molecule has 3 rings (SSSR count). The number of methoxy groups -OCH3 is 1. The molecule has 2 aliphatic rings. The van der Waals surface area contributed by atoms with Crippen LogP contribution < -0.4 is 4.74 Å². The maximum atomic E-state index is 11.2. The van der Waals surface area contributed by atoms with Gasteiger partial charge in [0.1, 0.15) is 5.75 Å². The molecule has 1 unspecified atom stereocenters. The van der Waals surface area contributed by atoms with Crippen molar-refractivity contribution in [2.24, 2.45) is 22.7 Å². The molecule has 2 fully saturated rings. The molecule has 1 aromatic carbocycles. The molecule has 2 saturated carbocycles. The van der Waals surface area contributed by atoms with Gasteiger partial charge in [-0.05, 0) is 73.8 Å². The summed E-state index contributed by atoms with van der Waals surface area (Å²) in [6.07, 6.45) is 5.69. The topological polar surface area (TPSA) is 69.9 Å². The van der Waals surface area contributed by atoms with Crippen molar-refractivity contribution in [3.8, 4) is 17.2 Å². The fourth-order valence-electron chi connectivity index (χ4n) is 5.97. The van der Waals surface area contributed by atoms with E-state index in [2.05, 4.69) is 20.8 Å². The number of aliphatic hydroxyl groups is 1. The summed E-state index contributed by atoms with van der Waals surface area (Å²) in [5.41, 5.74) is -0.207. The van der Waals surface area contributed by atoms with Crippen LogP contribution >= 0.6 is 0 Å². The van der Waals surface area contributed by atoms with Crippen molar-refractivity contribution in [3.05, 3.63) is 17.7 Å². The number of fused-ring (bicyclic) bond motifs is 1. The van der Waals surface area contributed by atoms with Crippen LogP contribution in [0.4, 0.5) is 0 Å². The molecule has 0 radical (unpaired) electrons. The van der Waals surface area contributed by atoms with Crippen molar-refractivity contribution < 1.29 is 20.1 Å². The Balaban J connectivity index is 2.07. The number of ether oxygens (including phenoxy) is 1.